The molecule has 1 aliphatic heterocycles. The highest BCUT2D eigenvalue weighted by Gasteiger charge is 2.22. The molecule has 1 aromatic carbocycles. The topological polar surface area (TPSA) is 45.2 Å². The maximum Gasteiger partial charge on any atom is 0.255 e. The Morgan fingerprint density at radius 3 is 2.75 bits per heavy atom. The van der Waals surface area contributed by atoms with Crippen LogP contribution < -0.4 is 5.32 Å². The van der Waals surface area contributed by atoms with Gasteiger partial charge in [-0.1, -0.05) is 30.1 Å². The lowest BCUT2D eigenvalue weighted by atomic mass is 10.00. The van der Waals surface area contributed by atoms with Crippen LogP contribution in [0.4, 0.5) is 11.5 Å². The van der Waals surface area contributed by atoms with Gasteiger partial charge in [-0.05, 0) is 49.1 Å². The van der Waals surface area contributed by atoms with E-state index in [1.54, 1.807) is 30.5 Å². The largest absolute Gasteiger partial charge is 0.340 e. The molecule has 0 aliphatic carbocycles. The van der Waals surface area contributed by atoms with Gasteiger partial charge in [0.15, 0.2) is 0 Å². The van der Waals surface area contributed by atoms with E-state index >= 15 is 0 Å². The first-order valence-corrected chi connectivity index (χ1v) is 8.76. The van der Waals surface area contributed by atoms with E-state index in [2.05, 4.69) is 17.2 Å². The number of likely N-dealkylation sites (tertiary alicyclic amines) is 1. The van der Waals surface area contributed by atoms with Gasteiger partial charge in [-0.25, -0.2) is 4.98 Å². The number of pyridine rings is 1. The number of benzene rings is 1. The number of nitrogens with zero attached hydrogens (tertiary/aromatic N) is 2. The Balaban J connectivity index is 1.68. The van der Waals surface area contributed by atoms with Crippen LogP contribution in [-0.4, -0.2) is 28.9 Å². The van der Waals surface area contributed by atoms with Gasteiger partial charge in [0.05, 0.1) is 15.6 Å². The third-order valence-electron chi connectivity index (χ3n) is 4.15. The number of aromatic nitrogens is 1. The first kappa shape index (κ1) is 17.1. The van der Waals surface area contributed by atoms with E-state index in [9.17, 15) is 4.79 Å². The van der Waals surface area contributed by atoms with Crippen molar-refractivity contribution in [3.05, 3.63) is 52.1 Å². The van der Waals surface area contributed by atoms with Crippen LogP contribution in [-0.2, 0) is 0 Å². The van der Waals surface area contributed by atoms with Gasteiger partial charge < -0.3 is 10.2 Å². The molecule has 6 heteroatoms. The fourth-order valence-electron chi connectivity index (χ4n) is 2.87. The van der Waals surface area contributed by atoms with Crippen LogP contribution >= 0.6 is 23.2 Å². The normalized spacial score (nSPS) is 17.6. The van der Waals surface area contributed by atoms with Gasteiger partial charge in [-0.15, -0.1) is 0 Å². The number of carbonyl (C=O) groups excluding carboxylic acids is 1. The minimum absolute atomic E-state index is 0.0511. The fourth-order valence-corrected chi connectivity index (χ4v) is 3.17. The minimum Gasteiger partial charge on any atom is -0.340 e. The lowest BCUT2D eigenvalue weighted by Gasteiger charge is -2.30. The zero-order valence-corrected chi connectivity index (χ0v) is 14.9. The van der Waals surface area contributed by atoms with Gasteiger partial charge in [-0.2, -0.15) is 0 Å². The Labute approximate surface area is 151 Å². The molecule has 3 rings (SSSR count). The van der Waals surface area contributed by atoms with Crippen LogP contribution in [0.15, 0.2) is 36.5 Å². The van der Waals surface area contributed by atoms with E-state index < -0.39 is 0 Å². The van der Waals surface area contributed by atoms with Crippen molar-refractivity contribution in [3.63, 3.8) is 0 Å². The van der Waals surface area contributed by atoms with Crippen LogP contribution in [0.3, 0.4) is 0 Å². The van der Waals surface area contributed by atoms with E-state index in [0.717, 1.165) is 25.2 Å². The molecular formula is C18H19Cl2N3O. The second-order valence-corrected chi connectivity index (χ2v) is 7.00. The molecule has 1 saturated heterocycles. The van der Waals surface area contributed by atoms with Gasteiger partial charge in [0.1, 0.15) is 5.82 Å². The molecule has 24 heavy (non-hydrogen) atoms. The summed E-state index contributed by atoms with van der Waals surface area (Å²) in [6.07, 6.45) is 3.87. The van der Waals surface area contributed by atoms with Crippen LogP contribution in [0, 0.1) is 5.92 Å². The van der Waals surface area contributed by atoms with E-state index in [0.29, 0.717) is 27.3 Å². The second kappa shape index (κ2) is 7.41. The number of rotatable bonds is 3. The Bertz CT molecular complexity index is 734. The monoisotopic (exact) mass is 363 g/mol. The number of halogens is 2. The SMILES string of the molecule is CC1CCCN(C(=O)c2ccc(Nc3ccc(Cl)c(Cl)c3)nc2)C1. The predicted molar refractivity (Wildman–Crippen MR) is 98.3 cm³/mol. The molecular weight excluding hydrogens is 345 g/mol. The summed E-state index contributed by atoms with van der Waals surface area (Å²) in [6.45, 7) is 3.83. The highest BCUT2D eigenvalue weighted by molar-refractivity contribution is 6.42. The molecule has 1 fully saturated rings. The number of anilines is 2. The molecule has 0 spiro atoms. The van der Waals surface area contributed by atoms with Crippen molar-refractivity contribution < 1.29 is 4.79 Å². The first-order valence-electron chi connectivity index (χ1n) is 8.00. The molecule has 1 amide bonds. The Morgan fingerprint density at radius 2 is 2.08 bits per heavy atom. The summed E-state index contributed by atoms with van der Waals surface area (Å²) in [5, 5.41) is 4.13. The molecule has 0 radical (unpaired) electrons. The molecule has 1 aliphatic rings. The summed E-state index contributed by atoms with van der Waals surface area (Å²) in [7, 11) is 0. The van der Waals surface area contributed by atoms with E-state index in [-0.39, 0.29) is 5.91 Å². The van der Waals surface area contributed by atoms with E-state index in [1.807, 2.05) is 11.0 Å². The van der Waals surface area contributed by atoms with Crippen molar-refractivity contribution in [1.82, 2.24) is 9.88 Å². The molecule has 0 bridgehead atoms. The Kier molecular flexibility index (Phi) is 5.27. The van der Waals surface area contributed by atoms with Crippen molar-refractivity contribution >= 4 is 40.6 Å². The zero-order chi connectivity index (χ0) is 17.1. The predicted octanol–water partition coefficient (Wildman–Crippen LogP) is 5.00. The number of piperidine rings is 1. The average Bonchev–Trinajstić information content (AvgIpc) is 2.58. The number of nitrogens with one attached hydrogen (secondary N) is 1. The lowest BCUT2D eigenvalue weighted by molar-refractivity contribution is 0.0682. The minimum atomic E-state index is 0.0511. The van der Waals surface area contributed by atoms with Crippen LogP contribution in [0.2, 0.25) is 10.0 Å². The summed E-state index contributed by atoms with van der Waals surface area (Å²) in [6, 6.07) is 8.88. The molecule has 2 aromatic rings. The third kappa shape index (κ3) is 4.00. The molecule has 1 unspecified atom stereocenters. The average molecular weight is 364 g/mol. The molecule has 0 saturated carbocycles. The summed E-state index contributed by atoms with van der Waals surface area (Å²) in [4.78, 5) is 18.8. The number of hydrogen-bond acceptors (Lipinski definition) is 3. The van der Waals surface area contributed by atoms with Gasteiger partial charge in [0, 0.05) is 25.0 Å². The van der Waals surface area contributed by atoms with E-state index in [1.165, 1.54) is 6.42 Å². The highest BCUT2D eigenvalue weighted by Crippen LogP contribution is 2.26. The summed E-state index contributed by atoms with van der Waals surface area (Å²) in [5.74, 6) is 1.26. The maximum atomic E-state index is 12.5. The number of hydrogen-bond donors (Lipinski definition) is 1. The van der Waals surface area contributed by atoms with Gasteiger partial charge in [-0.3, -0.25) is 4.79 Å². The molecule has 1 aromatic heterocycles. The van der Waals surface area contributed by atoms with Crippen molar-refractivity contribution in [2.75, 3.05) is 18.4 Å². The van der Waals surface area contributed by atoms with Crippen LogP contribution in [0.25, 0.3) is 0 Å². The smallest absolute Gasteiger partial charge is 0.255 e. The maximum absolute atomic E-state index is 12.5. The van der Waals surface area contributed by atoms with Gasteiger partial charge in [0.25, 0.3) is 5.91 Å². The zero-order valence-electron chi connectivity index (χ0n) is 13.4. The standard InChI is InChI=1S/C18H19Cl2N3O/c1-12-3-2-8-23(11-12)18(24)13-4-7-17(21-10-13)22-14-5-6-15(19)16(20)9-14/h4-7,9-10,12H,2-3,8,11H2,1H3,(H,21,22). The van der Waals surface area contributed by atoms with Crippen LogP contribution in [0.1, 0.15) is 30.1 Å². The van der Waals surface area contributed by atoms with Crippen molar-refractivity contribution in [2.24, 2.45) is 5.92 Å². The summed E-state index contributed by atoms with van der Waals surface area (Å²) in [5.41, 5.74) is 1.41. The highest BCUT2D eigenvalue weighted by atomic mass is 35.5. The number of carbonyl (C=O) groups is 1. The van der Waals surface area contributed by atoms with Crippen molar-refractivity contribution in [3.8, 4) is 0 Å². The first-order chi connectivity index (χ1) is 11.5. The Hall–Kier alpha value is -1.78. The fraction of sp³-hybridized carbons (Fsp3) is 0.333. The third-order valence-corrected chi connectivity index (χ3v) is 4.89. The van der Waals surface area contributed by atoms with E-state index in [4.69, 9.17) is 23.2 Å². The van der Waals surface area contributed by atoms with Crippen molar-refractivity contribution in [2.45, 2.75) is 19.8 Å². The molecule has 126 valence electrons. The molecule has 1 N–H and O–H groups in total. The molecule has 1 atom stereocenters. The Morgan fingerprint density at radius 1 is 1.25 bits per heavy atom. The summed E-state index contributed by atoms with van der Waals surface area (Å²) < 4.78 is 0. The quantitative estimate of drug-likeness (QED) is 0.833. The van der Waals surface area contributed by atoms with Crippen LogP contribution in [0.5, 0.6) is 0 Å². The lowest BCUT2D eigenvalue weighted by Crippen LogP contribution is -2.39. The summed E-state index contributed by atoms with van der Waals surface area (Å²) >= 11 is 11.9. The molecule has 2 heterocycles. The second-order valence-electron chi connectivity index (χ2n) is 6.18. The number of amides is 1. The van der Waals surface area contributed by atoms with Gasteiger partial charge >= 0.3 is 0 Å². The van der Waals surface area contributed by atoms with Crippen molar-refractivity contribution in [1.29, 1.82) is 0 Å². The van der Waals surface area contributed by atoms with Gasteiger partial charge in [0.2, 0.25) is 0 Å². The molecule has 4 nitrogen and oxygen atoms in total.